The zero-order chi connectivity index (χ0) is 52.7. The van der Waals surface area contributed by atoms with E-state index in [-0.39, 0.29) is 26.1 Å². The third kappa shape index (κ3) is 56.5. The number of ether oxygens (including phenoxy) is 2. The molecule has 0 spiro atoms. The molecule has 0 amide bonds. The lowest BCUT2D eigenvalue weighted by Crippen LogP contribution is -2.37. The van der Waals surface area contributed by atoms with Crippen molar-refractivity contribution in [3.63, 3.8) is 0 Å². The average Bonchev–Trinajstić information content (AvgIpc) is 3.34. The van der Waals surface area contributed by atoms with Crippen molar-refractivity contribution in [2.24, 2.45) is 0 Å². The molecule has 0 aliphatic rings. The molecule has 0 N–H and O–H groups in total. The third-order valence-electron chi connectivity index (χ3n) is 12.8. The van der Waals surface area contributed by atoms with Crippen LogP contribution < -0.4 is 4.89 Å². The summed E-state index contributed by atoms with van der Waals surface area (Å²) in [4.78, 5) is 37.8. The molecular weight excluding hydrogens is 918 g/mol. The van der Waals surface area contributed by atoms with Crippen molar-refractivity contribution in [1.82, 2.24) is 0 Å². The number of hydrogen-bond acceptors (Lipinski definition) is 8. The highest BCUT2D eigenvalue weighted by Gasteiger charge is 2.22. The number of likely N-dealkylation sites (N-methyl/N-ethyl adjacent to an activating group) is 1. The molecule has 10 heteroatoms. The van der Waals surface area contributed by atoms with Crippen LogP contribution in [0.15, 0.2) is 0 Å². The van der Waals surface area contributed by atoms with Crippen molar-refractivity contribution < 1.29 is 42.1 Å². The molecule has 9 nitrogen and oxygen atoms in total. The highest BCUT2D eigenvalue weighted by atomic mass is 31.2. The van der Waals surface area contributed by atoms with Crippen LogP contribution in [0.1, 0.15) is 284 Å². The first-order valence-electron chi connectivity index (χ1n) is 29.7. The van der Waals surface area contributed by atoms with Crippen LogP contribution in [0, 0.1) is 47.4 Å². The van der Waals surface area contributed by atoms with E-state index in [0.29, 0.717) is 23.9 Å². The van der Waals surface area contributed by atoms with Gasteiger partial charge in [-0.3, -0.25) is 14.2 Å². The molecule has 0 rings (SSSR count). The quantitative estimate of drug-likeness (QED) is 0.0195. The Morgan fingerprint density at radius 2 is 0.736 bits per heavy atom. The van der Waals surface area contributed by atoms with Crippen LogP contribution in [0.4, 0.5) is 0 Å². The molecule has 0 heterocycles. The molecule has 0 bridgehead atoms. The summed E-state index contributed by atoms with van der Waals surface area (Å²) < 4.78 is 34.1. The maximum atomic E-state index is 12.8. The van der Waals surface area contributed by atoms with Crippen molar-refractivity contribution in [3.8, 4) is 47.4 Å². The lowest BCUT2D eigenvalue weighted by molar-refractivity contribution is -0.870. The minimum absolute atomic E-state index is 0.0474. The predicted octanol–water partition coefficient (Wildman–Crippen LogP) is 16.1. The SMILES string of the molecule is CCCCCCCCCCCCCCC#CC#CCCCCCCCCC(=O)OC[C@H](COP(=O)([O-])OCC[N+](C)(C)C)OC(=O)CCCCCCCCC#CC#CCCCCCCCCCCCCCC. The predicted molar refractivity (Wildman–Crippen MR) is 300 cm³/mol. The maximum Gasteiger partial charge on any atom is 0.306 e. The number of hydrogen-bond donors (Lipinski definition) is 0. The maximum absolute atomic E-state index is 12.8. The molecule has 2 atom stereocenters. The normalized spacial score (nSPS) is 12.2. The molecule has 0 radical (unpaired) electrons. The first kappa shape index (κ1) is 69.2. The Morgan fingerprint density at radius 1 is 0.431 bits per heavy atom. The third-order valence-corrected chi connectivity index (χ3v) is 13.8. The van der Waals surface area contributed by atoms with E-state index in [1.165, 1.54) is 154 Å². The molecule has 0 aliphatic heterocycles. The van der Waals surface area contributed by atoms with E-state index in [1.807, 2.05) is 21.1 Å². The lowest BCUT2D eigenvalue weighted by Gasteiger charge is -2.28. The van der Waals surface area contributed by atoms with Crippen molar-refractivity contribution >= 4 is 19.8 Å². The van der Waals surface area contributed by atoms with Crippen LogP contribution >= 0.6 is 7.82 Å². The topological polar surface area (TPSA) is 111 Å². The lowest BCUT2D eigenvalue weighted by atomic mass is 10.0. The summed E-state index contributed by atoms with van der Waals surface area (Å²) in [5.74, 6) is 23.9. The Bertz CT molecular complexity index is 1580. The first-order valence-corrected chi connectivity index (χ1v) is 31.1. The molecule has 72 heavy (non-hydrogen) atoms. The molecular formula is C62H108NO8P. The summed E-state index contributed by atoms with van der Waals surface area (Å²) in [5.41, 5.74) is 0. The van der Waals surface area contributed by atoms with Gasteiger partial charge in [-0.25, -0.2) is 0 Å². The number of carbonyl (C=O) groups excluding carboxylic acids is 2. The largest absolute Gasteiger partial charge is 0.756 e. The minimum atomic E-state index is -4.66. The zero-order valence-electron chi connectivity index (χ0n) is 47.3. The van der Waals surface area contributed by atoms with E-state index in [0.717, 1.165) is 89.9 Å². The first-order chi connectivity index (χ1) is 35.0. The van der Waals surface area contributed by atoms with E-state index < -0.39 is 32.5 Å². The minimum Gasteiger partial charge on any atom is -0.756 e. The Kier molecular flexibility index (Phi) is 51.1. The van der Waals surface area contributed by atoms with Crippen LogP contribution in [0.25, 0.3) is 0 Å². The fourth-order valence-electron chi connectivity index (χ4n) is 8.17. The van der Waals surface area contributed by atoms with Gasteiger partial charge in [-0.05, 0) is 62.2 Å². The zero-order valence-corrected chi connectivity index (χ0v) is 48.2. The van der Waals surface area contributed by atoms with Gasteiger partial charge < -0.3 is 27.9 Å². The Balaban J connectivity index is 4.25. The molecule has 0 aromatic heterocycles. The van der Waals surface area contributed by atoms with Gasteiger partial charge >= 0.3 is 11.9 Å². The van der Waals surface area contributed by atoms with Crippen LogP contribution in [0.3, 0.4) is 0 Å². The molecule has 0 aliphatic carbocycles. The van der Waals surface area contributed by atoms with Crippen LogP contribution in [-0.2, 0) is 32.7 Å². The average molecular weight is 1030 g/mol. The Hall–Kier alpha value is -2.75. The van der Waals surface area contributed by atoms with Crippen LogP contribution in [0.5, 0.6) is 0 Å². The highest BCUT2D eigenvalue weighted by Crippen LogP contribution is 2.38. The summed E-state index contributed by atoms with van der Waals surface area (Å²) in [6.07, 6.45) is 46.9. The molecule has 0 aromatic rings. The second-order valence-electron chi connectivity index (χ2n) is 21.1. The highest BCUT2D eigenvalue weighted by molar-refractivity contribution is 7.45. The monoisotopic (exact) mass is 1030 g/mol. The van der Waals surface area contributed by atoms with Gasteiger partial charge in [-0.15, -0.1) is 0 Å². The van der Waals surface area contributed by atoms with Crippen LogP contribution in [-0.4, -0.2) is 70.0 Å². The standard InChI is InChI=1S/C62H108NO8P/c1-6-8-10-12-14-16-18-20-22-24-26-28-30-32-34-36-38-40-42-44-46-48-50-52-54-61(64)68-58-60(59-70-72(66,67)69-57-56-63(3,4)5)71-62(65)55-53-51-49-47-45-43-41-39-37-35-33-31-29-27-25-23-21-19-17-15-13-11-9-7-2/h60H,6-31,40-59H2,1-5H3/t60-/m1/s1. The van der Waals surface area contributed by atoms with Gasteiger partial charge in [0.2, 0.25) is 0 Å². The molecule has 0 fully saturated rings. The molecule has 414 valence electrons. The number of phosphoric acid groups is 1. The number of esters is 2. The summed E-state index contributed by atoms with van der Waals surface area (Å²) >= 11 is 0. The van der Waals surface area contributed by atoms with Gasteiger partial charge in [-0.1, -0.05) is 230 Å². The number of phosphoric ester groups is 1. The molecule has 0 saturated carbocycles. The molecule has 0 saturated heterocycles. The van der Waals surface area contributed by atoms with E-state index >= 15 is 0 Å². The fraction of sp³-hybridized carbons (Fsp3) is 0.839. The second-order valence-corrected chi connectivity index (χ2v) is 22.5. The van der Waals surface area contributed by atoms with Gasteiger partial charge in [0.25, 0.3) is 7.82 Å². The van der Waals surface area contributed by atoms with Crippen LogP contribution in [0.2, 0.25) is 0 Å². The summed E-state index contributed by atoms with van der Waals surface area (Å²) in [6, 6.07) is 0. The van der Waals surface area contributed by atoms with Gasteiger partial charge in [0.1, 0.15) is 19.8 Å². The van der Waals surface area contributed by atoms with Gasteiger partial charge in [0, 0.05) is 38.5 Å². The van der Waals surface area contributed by atoms with Crippen molar-refractivity contribution in [1.29, 1.82) is 0 Å². The number of nitrogens with zero attached hydrogens (tertiary/aromatic N) is 1. The summed E-state index contributed by atoms with van der Waals surface area (Å²) in [5, 5.41) is 0. The van der Waals surface area contributed by atoms with E-state index in [4.69, 9.17) is 18.5 Å². The number of rotatable bonds is 50. The smallest absolute Gasteiger partial charge is 0.306 e. The number of unbranched alkanes of at least 4 members (excludes halogenated alkanes) is 36. The Morgan fingerprint density at radius 3 is 1.07 bits per heavy atom. The van der Waals surface area contributed by atoms with Gasteiger partial charge in [-0.2, -0.15) is 0 Å². The van der Waals surface area contributed by atoms with Crippen molar-refractivity contribution in [2.45, 2.75) is 290 Å². The van der Waals surface area contributed by atoms with Gasteiger partial charge in [0.15, 0.2) is 6.10 Å². The molecule has 0 aromatic carbocycles. The second kappa shape index (κ2) is 53.1. The summed E-state index contributed by atoms with van der Waals surface area (Å²) in [7, 11) is 1.12. The number of quaternary nitrogens is 1. The van der Waals surface area contributed by atoms with E-state index in [9.17, 15) is 19.0 Å². The Labute approximate surface area is 444 Å². The fourth-order valence-corrected chi connectivity index (χ4v) is 8.90. The van der Waals surface area contributed by atoms with Gasteiger partial charge in [0.05, 0.1) is 27.7 Å². The summed E-state index contributed by atoms with van der Waals surface area (Å²) in [6.45, 7) is 4.17. The van der Waals surface area contributed by atoms with E-state index in [1.54, 1.807) is 0 Å². The van der Waals surface area contributed by atoms with E-state index in [2.05, 4.69) is 61.2 Å². The van der Waals surface area contributed by atoms with Crippen molar-refractivity contribution in [2.75, 3.05) is 47.5 Å². The molecule has 1 unspecified atom stereocenters. The van der Waals surface area contributed by atoms with Crippen molar-refractivity contribution in [3.05, 3.63) is 0 Å². The number of carbonyl (C=O) groups is 2.